The molecule has 0 radical (unpaired) electrons. The van der Waals surface area contributed by atoms with Crippen molar-refractivity contribution < 1.29 is 4.74 Å². The van der Waals surface area contributed by atoms with Crippen LogP contribution in [0.4, 0.5) is 0 Å². The number of hydrogen-bond donors (Lipinski definition) is 1. The number of thioether (sulfide) groups is 1. The number of ether oxygens (including phenoxy) is 1. The lowest BCUT2D eigenvalue weighted by molar-refractivity contribution is 0.164. The molecule has 0 saturated heterocycles. The van der Waals surface area contributed by atoms with Crippen LogP contribution in [0.1, 0.15) is 40.5 Å². The summed E-state index contributed by atoms with van der Waals surface area (Å²) >= 11 is 1.94. The van der Waals surface area contributed by atoms with Crippen molar-refractivity contribution in [3.8, 4) is 0 Å². The summed E-state index contributed by atoms with van der Waals surface area (Å²) in [5.74, 6) is 4.16. The van der Waals surface area contributed by atoms with Crippen molar-refractivity contribution in [3.05, 3.63) is 12.2 Å². The van der Waals surface area contributed by atoms with Crippen molar-refractivity contribution in [1.29, 1.82) is 0 Å². The van der Waals surface area contributed by atoms with Crippen LogP contribution in [0.5, 0.6) is 0 Å². The topological polar surface area (TPSA) is 33.6 Å². The molecule has 0 bridgehead atoms. The molecule has 20 heavy (non-hydrogen) atoms. The largest absolute Gasteiger partial charge is 0.381 e. The van der Waals surface area contributed by atoms with Gasteiger partial charge in [-0.25, -0.2) is 0 Å². The monoisotopic (exact) mass is 300 g/mol. The van der Waals surface area contributed by atoms with Gasteiger partial charge in [0.15, 0.2) is 0 Å². The minimum atomic E-state index is 0.718. The summed E-state index contributed by atoms with van der Waals surface area (Å²) in [5, 5.41) is 3.33. The Morgan fingerprint density at radius 3 is 2.70 bits per heavy atom. The maximum atomic E-state index is 5.26. The lowest BCUT2D eigenvalue weighted by Gasteiger charge is -2.13. The number of allylic oxidation sites excluding steroid dienone is 2. The Morgan fingerprint density at radius 2 is 2.20 bits per heavy atom. The van der Waals surface area contributed by atoms with Gasteiger partial charge in [0.2, 0.25) is 0 Å². The molecular formula is C16H32N2OS. The molecule has 0 saturated carbocycles. The number of nitrogens with one attached hydrogen (secondary N) is 1. The molecular weight excluding hydrogens is 268 g/mol. The first-order valence-electron chi connectivity index (χ1n) is 7.76. The lowest BCUT2D eigenvalue weighted by atomic mass is 10.2. The Hall–Kier alpha value is -0.480. The van der Waals surface area contributed by atoms with Crippen molar-refractivity contribution in [1.82, 2.24) is 5.32 Å². The van der Waals surface area contributed by atoms with E-state index in [2.05, 4.69) is 36.3 Å². The Morgan fingerprint density at radius 1 is 1.40 bits per heavy atom. The Kier molecular flexibility index (Phi) is 14.6. The molecule has 1 heterocycles. The second kappa shape index (κ2) is 14.9. The molecule has 1 aliphatic rings. The fraction of sp³-hybridized carbons (Fsp3) is 0.812. The Balaban J connectivity index is 0.000000511. The zero-order chi connectivity index (χ0) is 15.1. The van der Waals surface area contributed by atoms with Gasteiger partial charge >= 0.3 is 0 Å². The maximum absolute atomic E-state index is 5.26. The molecule has 0 aliphatic carbocycles. The van der Waals surface area contributed by atoms with Crippen LogP contribution in [0.3, 0.4) is 0 Å². The van der Waals surface area contributed by atoms with Crippen molar-refractivity contribution in [2.75, 3.05) is 37.8 Å². The lowest BCUT2D eigenvalue weighted by Crippen LogP contribution is -2.29. The first kappa shape index (κ1) is 19.5. The van der Waals surface area contributed by atoms with E-state index >= 15 is 0 Å². The summed E-state index contributed by atoms with van der Waals surface area (Å²) in [5.41, 5.74) is 0. The van der Waals surface area contributed by atoms with Gasteiger partial charge in [0.1, 0.15) is 0 Å². The van der Waals surface area contributed by atoms with Gasteiger partial charge in [-0.1, -0.05) is 26.0 Å². The summed E-state index contributed by atoms with van der Waals surface area (Å²) in [6.07, 6.45) is 6.50. The van der Waals surface area contributed by atoms with Crippen LogP contribution in [0.25, 0.3) is 0 Å². The van der Waals surface area contributed by atoms with Gasteiger partial charge in [0.25, 0.3) is 0 Å². The molecule has 0 unspecified atom stereocenters. The van der Waals surface area contributed by atoms with E-state index in [1.165, 1.54) is 12.3 Å². The van der Waals surface area contributed by atoms with Gasteiger partial charge in [0, 0.05) is 37.6 Å². The Labute approximate surface area is 129 Å². The van der Waals surface area contributed by atoms with Crippen molar-refractivity contribution in [2.24, 2.45) is 10.9 Å². The van der Waals surface area contributed by atoms with E-state index in [1.807, 2.05) is 25.6 Å². The molecule has 4 heteroatoms. The summed E-state index contributed by atoms with van der Waals surface area (Å²) < 4.78 is 5.26. The summed E-state index contributed by atoms with van der Waals surface area (Å²) in [6, 6.07) is 0. The third-order valence-electron chi connectivity index (χ3n) is 2.60. The highest BCUT2D eigenvalue weighted by Crippen LogP contribution is 2.04. The van der Waals surface area contributed by atoms with Crippen LogP contribution >= 0.6 is 11.8 Å². The SMILES string of the molecule is C/C=C\C(C)C.CCOCCSCCC1=NCCCN1. The molecule has 1 N–H and O–H groups in total. The van der Waals surface area contributed by atoms with Crippen LogP contribution < -0.4 is 5.32 Å². The third-order valence-corrected chi connectivity index (χ3v) is 3.55. The number of amidine groups is 1. The maximum Gasteiger partial charge on any atom is 0.0971 e. The van der Waals surface area contributed by atoms with Gasteiger partial charge in [-0.2, -0.15) is 11.8 Å². The predicted molar refractivity (Wildman–Crippen MR) is 93.0 cm³/mol. The second-order valence-corrected chi connectivity index (χ2v) is 6.16. The van der Waals surface area contributed by atoms with Gasteiger partial charge in [-0.15, -0.1) is 0 Å². The van der Waals surface area contributed by atoms with Gasteiger partial charge in [-0.3, -0.25) is 4.99 Å². The zero-order valence-corrected chi connectivity index (χ0v) is 14.5. The summed E-state index contributed by atoms with van der Waals surface area (Å²) in [7, 11) is 0. The number of aliphatic imine (C=N–C) groups is 1. The van der Waals surface area contributed by atoms with E-state index in [0.717, 1.165) is 50.1 Å². The normalized spacial score (nSPS) is 14.8. The van der Waals surface area contributed by atoms with Crippen LogP contribution in [-0.4, -0.2) is 43.6 Å². The van der Waals surface area contributed by atoms with E-state index in [4.69, 9.17) is 4.74 Å². The van der Waals surface area contributed by atoms with Crippen LogP contribution in [-0.2, 0) is 4.74 Å². The second-order valence-electron chi connectivity index (χ2n) is 4.94. The quantitative estimate of drug-likeness (QED) is 0.547. The van der Waals surface area contributed by atoms with Crippen LogP contribution in [0.2, 0.25) is 0 Å². The molecule has 0 aromatic heterocycles. The average molecular weight is 301 g/mol. The molecule has 0 aromatic carbocycles. The molecule has 0 amide bonds. The minimum absolute atomic E-state index is 0.718. The molecule has 1 aliphatic heterocycles. The van der Waals surface area contributed by atoms with Gasteiger partial charge in [0.05, 0.1) is 12.4 Å². The zero-order valence-electron chi connectivity index (χ0n) is 13.7. The van der Waals surface area contributed by atoms with E-state index in [1.54, 1.807) is 0 Å². The minimum Gasteiger partial charge on any atom is -0.381 e. The fourth-order valence-corrected chi connectivity index (χ4v) is 2.44. The highest BCUT2D eigenvalue weighted by molar-refractivity contribution is 7.99. The molecule has 0 spiro atoms. The number of hydrogen-bond acceptors (Lipinski definition) is 4. The standard InChI is InChI=1S/C10H20N2OS.C6H12/c1-2-13-7-9-14-8-4-10-11-5-3-6-12-10;1-4-5-6(2)3/h2-9H2,1H3,(H,11,12);4-6H,1-3H3/b;5-4-. The first-order chi connectivity index (χ1) is 9.70. The van der Waals surface area contributed by atoms with Crippen molar-refractivity contribution in [2.45, 2.75) is 40.5 Å². The van der Waals surface area contributed by atoms with Crippen LogP contribution in [0.15, 0.2) is 17.1 Å². The third kappa shape index (κ3) is 13.9. The average Bonchev–Trinajstić information content (AvgIpc) is 2.44. The van der Waals surface area contributed by atoms with Crippen LogP contribution in [0, 0.1) is 5.92 Å². The van der Waals surface area contributed by atoms with E-state index in [0.29, 0.717) is 0 Å². The molecule has 3 nitrogen and oxygen atoms in total. The van der Waals surface area contributed by atoms with Gasteiger partial charge < -0.3 is 10.1 Å². The summed E-state index contributed by atoms with van der Waals surface area (Å²) in [4.78, 5) is 4.42. The van der Waals surface area contributed by atoms with E-state index in [9.17, 15) is 0 Å². The first-order valence-corrected chi connectivity index (χ1v) is 8.91. The van der Waals surface area contributed by atoms with Gasteiger partial charge in [-0.05, 0) is 26.2 Å². The molecule has 118 valence electrons. The smallest absolute Gasteiger partial charge is 0.0971 e. The predicted octanol–water partition coefficient (Wildman–Crippen LogP) is 3.76. The molecule has 0 atom stereocenters. The van der Waals surface area contributed by atoms with Crippen molar-refractivity contribution >= 4 is 17.6 Å². The Bertz CT molecular complexity index is 265. The summed E-state index contributed by atoms with van der Waals surface area (Å²) in [6.45, 7) is 12.2. The fourth-order valence-electron chi connectivity index (χ4n) is 1.67. The molecule has 0 aromatic rings. The number of nitrogens with zero attached hydrogens (tertiary/aromatic N) is 1. The molecule has 0 fully saturated rings. The number of rotatable bonds is 8. The molecule has 1 rings (SSSR count). The van der Waals surface area contributed by atoms with E-state index in [-0.39, 0.29) is 0 Å². The highest BCUT2D eigenvalue weighted by atomic mass is 32.2. The highest BCUT2D eigenvalue weighted by Gasteiger charge is 2.02. The van der Waals surface area contributed by atoms with E-state index < -0.39 is 0 Å². The van der Waals surface area contributed by atoms with Crippen molar-refractivity contribution in [3.63, 3.8) is 0 Å².